The molecule has 2 fully saturated rings. The molecule has 1 aliphatic carbocycles. The third-order valence-electron chi connectivity index (χ3n) is 8.98. The number of benzene rings is 2. The van der Waals surface area contributed by atoms with Gasteiger partial charge in [-0.25, -0.2) is 13.2 Å². The SMILES string of the molecule is CCCCC[SiH]1CCC(CC[C@H]2CC[C@H](c3cc(F)c(-c4ccc(OC(F)F)c(F)c4)c(F)c3)CC2)CC1. The van der Waals surface area contributed by atoms with Crippen LogP contribution in [0.4, 0.5) is 22.0 Å². The van der Waals surface area contributed by atoms with E-state index in [0.29, 0.717) is 11.5 Å². The molecule has 4 rings (SSSR count). The highest BCUT2D eigenvalue weighted by atomic mass is 28.3. The molecular weight excluding hydrogens is 511 g/mol. The number of hydrogen-bond donors (Lipinski definition) is 0. The smallest absolute Gasteiger partial charge is 0.387 e. The van der Waals surface area contributed by atoms with E-state index in [0.717, 1.165) is 43.7 Å². The van der Waals surface area contributed by atoms with Crippen molar-refractivity contribution in [3.8, 4) is 16.9 Å². The zero-order valence-electron chi connectivity index (χ0n) is 22.5. The maximum Gasteiger partial charge on any atom is 0.387 e. The molecule has 210 valence electrons. The van der Waals surface area contributed by atoms with Crippen LogP contribution in [0.1, 0.15) is 89.0 Å². The van der Waals surface area contributed by atoms with Crippen LogP contribution in [0.15, 0.2) is 30.3 Å². The number of alkyl halides is 2. The quantitative estimate of drug-likeness (QED) is 0.153. The molecule has 0 atom stereocenters. The zero-order valence-corrected chi connectivity index (χ0v) is 23.6. The first-order valence-electron chi connectivity index (χ1n) is 14.6. The van der Waals surface area contributed by atoms with Gasteiger partial charge in [0.2, 0.25) is 0 Å². The summed E-state index contributed by atoms with van der Waals surface area (Å²) in [4.78, 5) is 0. The molecule has 0 N–H and O–H groups in total. The van der Waals surface area contributed by atoms with E-state index < -0.39 is 38.6 Å². The fourth-order valence-electron chi connectivity index (χ4n) is 6.70. The van der Waals surface area contributed by atoms with Gasteiger partial charge in [-0.15, -0.1) is 0 Å². The van der Waals surface area contributed by atoms with Crippen LogP contribution in [0.5, 0.6) is 5.75 Å². The first-order chi connectivity index (χ1) is 18.3. The predicted molar refractivity (Wildman–Crippen MR) is 146 cm³/mol. The molecule has 1 aliphatic heterocycles. The number of unbranched alkanes of at least 4 members (excludes halogenated alkanes) is 2. The molecule has 0 unspecified atom stereocenters. The number of rotatable bonds is 11. The number of ether oxygens (including phenoxy) is 1. The minimum absolute atomic E-state index is 0.0490. The van der Waals surface area contributed by atoms with Gasteiger partial charge in [0.25, 0.3) is 0 Å². The van der Waals surface area contributed by atoms with Crippen LogP contribution in [-0.2, 0) is 0 Å². The molecule has 1 saturated carbocycles. The largest absolute Gasteiger partial charge is 0.432 e. The van der Waals surface area contributed by atoms with Gasteiger partial charge in [0.1, 0.15) is 11.6 Å². The van der Waals surface area contributed by atoms with E-state index >= 15 is 8.78 Å². The van der Waals surface area contributed by atoms with Gasteiger partial charge in [-0.3, -0.25) is 0 Å². The molecular formula is C31H41F5OSi. The number of halogens is 5. The minimum atomic E-state index is -3.18. The molecule has 7 heteroatoms. The van der Waals surface area contributed by atoms with E-state index in [1.165, 1.54) is 75.2 Å². The Kier molecular flexibility index (Phi) is 10.7. The topological polar surface area (TPSA) is 9.23 Å². The normalized spacial score (nSPS) is 24.1. The Hall–Kier alpha value is -1.89. The van der Waals surface area contributed by atoms with Gasteiger partial charge in [0.05, 0.1) is 5.56 Å². The second-order valence-electron chi connectivity index (χ2n) is 11.6. The van der Waals surface area contributed by atoms with Gasteiger partial charge >= 0.3 is 6.61 Å². The summed E-state index contributed by atoms with van der Waals surface area (Å²) in [7, 11) is -0.454. The molecule has 1 heterocycles. The fraction of sp³-hybridized carbons (Fsp3) is 0.613. The van der Waals surface area contributed by atoms with Gasteiger partial charge in [-0.1, -0.05) is 76.1 Å². The van der Waals surface area contributed by atoms with E-state index in [-0.39, 0.29) is 17.0 Å². The van der Waals surface area contributed by atoms with E-state index in [9.17, 15) is 13.2 Å². The zero-order chi connectivity index (χ0) is 27.1. The van der Waals surface area contributed by atoms with Gasteiger partial charge in [-0.05, 0) is 78.8 Å². The van der Waals surface area contributed by atoms with E-state index in [1.54, 1.807) is 6.04 Å². The Morgan fingerprint density at radius 2 is 1.45 bits per heavy atom. The molecule has 2 aromatic rings. The van der Waals surface area contributed by atoms with Crippen molar-refractivity contribution < 1.29 is 26.7 Å². The molecule has 2 aromatic carbocycles. The van der Waals surface area contributed by atoms with E-state index in [1.807, 2.05) is 0 Å². The highest BCUT2D eigenvalue weighted by molar-refractivity contribution is 6.58. The molecule has 0 radical (unpaired) electrons. The molecule has 0 spiro atoms. The van der Waals surface area contributed by atoms with Crippen LogP contribution >= 0.6 is 0 Å². The Morgan fingerprint density at radius 3 is 2.03 bits per heavy atom. The third kappa shape index (κ3) is 7.83. The molecule has 38 heavy (non-hydrogen) atoms. The third-order valence-corrected chi connectivity index (χ3v) is 12.5. The summed E-state index contributed by atoms with van der Waals surface area (Å²) in [5, 5.41) is 0. The maximum atomic E-state index is 15.0. The Labute approximate surface area is 225 Å². The van der Waals surface area contributed by atoms with Crippen LogP contribution < -0.4 is 4.74 Å². The molecule has 2 aliphatic rings. The van der Waals surface area contributed by atoms with Crippen molar-refractivity contribution in [1.29, 1.82) is 0 Å². The monoisotopic (exact) mass is 552 g/mol. The van der Waals surface area contributed by atoms with Crippen LogP contribution in [-0.4, -0.2) is 15.4 Å². The van der Waals surface area contributed by atoms with Crippen molar-refractivity contribution >= 4 is 8.80 Å². The van der Waals surface area contributed by atoms with Crippen molar-refractivity contribution in [2.75, 3.05) is 0 Å². The van der Waals surface area contributed by atoms with Crippen molar-refractivity contribution in [3.63, 3.8) is 0 Å². The summed E-state index contributed by atoms with van der Waals surface area (Å²) in [5.41, 5.74) is 0.242. The van der Waals surface area contributed by atoms with Crippen molar-refractivity contribution in [2.45, 2.75) is 108 Å². The molecule has 1 nitrogen and oxygen atoms in total. The molecule has 0 amide bonds. The number of hydrogen-bond acceptors (Lipinski definition) is 1. The highest BCUT2D eigenvalue weighted by Crippen LogP contribution is 2.41. The van der Waals surface area contributed by atoms with Crippen LogP contribution in [0.25, 0.3) is 11.1 Å². The lowest BCUT2D eigenvalue weighted by molar-refractivity contribution is -0.0521. The summed E-state index contributed by atoms with van der Waals surface area (Å²) in [5.74, 6) is -1.56. The van der Waals surface area contributed by atoms with Crippen LogP contribution in [0.3, 0.4) is 0 Å². The first-order valence-corrected chi connectivity index (χ1v) is 17.0. The molecule has 0 aromatic heterocycles. The van der Waals surface area contributed by atoms with Gasteiger partial charge in [0.15, 0.2) is 11.6 Å². The summed E-state index contributed by atoms with van der Waals surface area (Å²) in [6.45, 7) is -0.900. The Morgan fingerprint density at radius 1 is 0.816 bits per heavy atom. The summed E-state index contributed by atoms with van der Waals surface area (Å²) in [6.07, 6.45) is 13.7. The van der Waals surface area contributed by atoms with Crippen molar-refractivity contribution in [1.82, 2.24) is 0 Å². The van der Waals surface area contributed by atoms with Crippen molar-refractivity contribution in [3.05, 3.63) is 53.3 Å². The second-order valence-corrected chi connectivity index (χ2v) is 15.0. The van der Waals surface area contributed by atoms with E-state index in [2.05, 4.69) is 11.7 Å². The summed E-state index contributed by atoms with van der Waals surface area (Å²) in [6, 6.07) is 10.3. The van der Waals surface area contributed by atoms with E-state index in [4.69, 9.17) is 0 Å². The standard InChI is InChI=1S/C31H41F5OSi/c1-2-3-4-15-38-16-13-22(14-17-38)6-5-21-7-9-23(10-8-21)25-19-27(33)30(28(34)20-25)24-11-12-29(26(32)18-24)37-31(35)36/h11-12,18-23,31,38H,2-10,13-17H2,1H3/t21-,22?,23-,38?. The highest BCUT2D eigenvalue weighted by Gasteiger charge is 2.27. The van der Waals surface area contributed by atoms with Gasteiger partial charge in [-0.2, -0.15) is 8.78 Å². The fourth-order valence-corrected chi connectivity index (χ4v) is 10.3. The first kappa shape index (κ1) is 29.1. The lowest BCUT2D eigenvalue weighted by atomic mass is 9.76. The summed E-state index contributed by atoms with van der Waals surface area (Å²) >= 11 is 0. The second kappa shape index (κ2) is 13.9. The van der Waals surface area contributed by atoms with Gasteiger partial charge < -0.3 is 4.74 Å². The average molecular weight is 553 g/mol. The Balaban J connectivity index is 1.27. The van der Waals surface area contributed by atoms with Crippen LogP contribution in [0, 0.1) is 29.3 Å². The lowest BCUT2D eigenvalue weighted by Crippen LogP contribution is -2.22. The summed E-state index contributed by atoms with van der Waals surface area (Å²) < 4.78 is 73.0. The predicted octanol–water partition coefficient (Wildman–Crippen LogP) is 10.3. The maximum absolute atomic E-state index is 15.0. The van der Waals surface area contributed by atoms with Crippen LogP contribution in [0.2, 0.25) is 18.1 Å². The Bertz CT molecular complexity index is 1010. The molecule has 1 saturated heterocycles. The average Bonchev–Trinajstić information content (AvgIpc) is 2.89. The van der Waals surface area contributed by atoms with Gasteiger partial charge in [0, 0.05) is 8.80 Å². The lowest BCUT2D eigenvalue weighted by Gasteiger charge is -2.32. The molecule has 0 bridgehead atoms. The van der Waals surface area contributed by atoms with Crippen molar-refractivity contribution in [2.24, 2.45) is 11.8 Å². The minimum Gasteiger partial charge on any atom is -0.432 e.